The maximum Gasteiger partial charge on any atom is 0.303 e. The number of benzene rings is 1. The highest BCUT2D eigenvalue weighted by Crippen LogP contribution is 2.52. The molecule has 0 radical (unpaired) electrons. The Kier molecular flexibility index (Phi) is 3.77. The SMILES string of the molecule is CC(SCC1(CC(=O)O)CC1)c1ccccc1. The van der Waals surface area contributed by atoms with E-state index in [-0.39, 0.29) is 5.41 Å². The third kappa shape index (κ3) is 3.50. The predicted octanol–water partition coefficient (Wildman–Crippen LogP) is 3.74. The molecule has 3 heteroatoms. The molecule has 2 rings (SSSR count). The molecule has 0 saturated heterocycles. The van der Waals surface area contributed by atoms with Crippen LogP contribution in [-0.4, -0.2) is 16.8 Å². The monoisotopic (exact) mass is 250 g/mol. The molecule has 1 N–H and O–H groups in total. The third-order valence-electron chi connectivity index (χ3n) is 3.39. The van der Waals surface area contributed by atoms with Crippen molar-refractivity contribution in [1.29, 1.82) is 0 Å². The van der Waals surface area contributed by atoms with Crippen LogP contribution in [-0.2, 0) is 4.79 Å². The Hall–Kier alpha value is -0.960. The van der Waals surface area contributed by atoms with E-state index in [1.54, 1.807) is 0 Å². The van der Waals surface area contributed by atoms with E-state index in [1.165, 1.54) is 5.56 Å². The van der Waals surface area contributed by atoms with Crippen molar-refractivity contribution in [2.24, 2.45) is 5.41 Å². The Balaban J connectivity index is 1.84. The molecule has 0 aliphatic heterocycles. The van der Waals surface area contributed by atoms with Gasteiger partial charge in [0.2, 0.25) is 0 Å². The summed E-state index contributed by atoms with van der Waals surface area (Å²) in [5, 5.41) is 9.31. The minimum absolute atomic E-state index is 0.0968. The van der Waals surface area contributed by atoms with Crippen molar-refractivity contribution in [2.45, 2.75) is 31.4 Å². The van der Waals surface area contributed by atoms with Crippen LogP contribution in [0.15, 0.2) is 30.3 Å². The Labute approximate surface area is 106 Å². The fourth-order valence-corrected chi connectivity index (χ4v) is 3.34. The summed E-state index contributed by atoms with van der Waals surface area (Å²) in [6.45, 7) is 2.19. The van der Waals surface area contributed by atoms with E-state index in [0.717, 1.165) is 18.6 Å². The number of hydrogen-bond donors (Lipinski definition) is 1. The summed E-state index contributed by atoms with van der Waals surface area (Å²) < 4.78 is 0. The maximum atomic E-state index is 10.8. The van der Waals surface area contributed by atoms with Crippen molar-refractivity contribution in [3.63, 3.8) is 0 Å². The molecule has 1 saturated carbocycles. The van der Waals surface area contributed by atoms with E-state index in [2.05, 4.69) is 31.2 Å². The molecular weight excluding hydrogens is 232 g/mol. The van der Waals surface area contributed by atoms with Gasteiger partial charge >= 0.3 is 5.97 Å². The van der Waals surface area contributed by atoms with Gasteiger partial charge in [0.05, 0.1) is 6.42 Å². The molecule has 1 aliphatic rings. The lowest BCUT2D eigenvalue weighted by molar-refractivity contribution is -0.138. The number of carboxylic acids is 1. The summed E-state index contributed by atoms with van der Waals surface area (Å²) in [6.07, 6.45) is 2.49. The van der Waals surface area contributed by atoms with Crippen molar-refractivity contribution in [2.75, 3.05) is 5.75 Å². The van der Waals surface area contributed by atoms with Gasteiger partial charge in [-0.1, -0.05) is 30.3 Å². The van der Waals surface area contributed by atoms with Crippen LogP contribution in [0.25, 0.3) is 0 Å². The molecule has 0 aromatic heterocycles. The summed E-state index contributed by atoms with van der Waals surface area (Å²) in [5.41, 5.74) is 1.42. The largest absolute Gasteiger partial charge is 0.481 e. The zero-order valence-electron chi connectivity index (χ0n) is 10.1. The molecule has 1 fully saturated rings. The summed E-state index contributed by atoms with van der Waals surface area (Å²) in [5.74, 6) is 0.311. The number of aliphatic carboxylic acids is 1. The number of thioether (sulfide) groups is 1. The minimum atomic E-state index is -0.657. The van der Waals surface area contributed by atoms with Crippen LogP contribution in [0.5, 0.6) is 0 Å². The third-order valence-corrected chi connectivity index (χ3v) is 4.94. The summed E-state index contributed by atoms with van der Waals surface area (Å²) in [6, 6.07) is 10.4. The molecule has 1 unspecified atom stereocenters. The van der Waals surface area contributed by atoms with E-state index < -0.39 is 5.97 Å². The Morgan fingerprint density at radius 2 is 2.06 bits per heavy atom. The van der Waals surface area contributed by atoms with E-state index >= 15 is 0 Å². The molecule has 2 nitrogen and oxygen atoms in total. The number of carbonyl (C=O) groups is 1. The topological polar surface area (TPSA) is 37.3 Å². The lowest BCUT2D eigenvalue weighted by Crippen LogP contribution is -2.11. The summed E-state index contributed by atoms with van der Waals surface area (Å²) >= 11 is 1.88. The van der Waals surface area contributed by atoms with E-state index in [1.807, 2.05) is 17.8 Å². The lowest BCUT2D eigenvalue weighted by Gasteiger charge is -2.16. The summed E-state index contributed by atoms with van der Waals surface area (Å²) in [4.78, 5) is 10.8. The Morgan fingerprint density at radius 1 is 1.41 bits per heavy atom. The maximum absolute atomic E-state index is 10.8. The van der Waals surface area contributed by atoms with Crippen LogP contribution < -0.4 is 0 Å². The molecule has 0 amide bonds. The number of rotatable bonds is 6. The molecule has 0 spiro atoms. The Bertz CT molecular complexity index is 384. The van der Waals surface area contributed by atoms with Gasteiger partial charge in [-0.3, -0.25) is 4.79 Å². The second kappa shape index (κ2) is 5.13. The molecule has 1 atom stereocenters. The highest BCUT2D eigenvalue weighted by Gasteiger charge is 2.44. The van der Waals surface area contributed by atoms with Gasteiger partial charge in [0.25, 0.3) is 0 Å². The first-order valence-corrected chi connectivity index (χ1v) is 7.05. The van der Waals surface area contributed by atoms with Crippen LogP contribution in [0.1, 0.15) is 37.0 Å². The minimum Gasteiger partial charge on any atom is -0.481 e. The average Bonchev–Trinajstić information content (AvgIpc) is 3.06. The lowest BCUT2D eigenvalue weighted by atomic mass is 10.1. The smallest absolute Gasteiger partial charge is 0.303 e. The van der Waals surface area contributed by atoms with Gasteiger partial charge in [0.15, 0.2) is 0 Å². The van der Waals surface area contributed by atoms with Gasteiger partial charge in [-0.15, -0.1) is 0 Å². The Morgan fingerprint density at radius 3 is 2.59 bits per heavy atom. The highest BCUT2D eigenvalue weighted by atomic mass is 32.2. The summed E-state index contributed by atoms with van der Waals surface area (Å²) in [7, 11) is 0. The number of hydrogen-bond acceptors (Lipinski definition) is 2. The molecule has 92 valence electrons. The van der Waals surface area contributed by atoms with Crippen LogP contribution in [0.3, 0.4) is 0 Å². The quantitative estimate of drug-likeness (QED) is 0.835. The first-order valence-electron chi connectivity index (χ1n) is 6.00. The first-order chi connectivity index (χ1) is 8.11. The standard InChI is InChI=1S/C14H18O2S/c1-11(12-5-3-2-4-6-12)17-10-14(7-8-14)9-13(15)16/h2-6,11H,7-10H2,1H3,(H,15,16). The first kappa shape index (κ1) is 12.5. The van der Waals surface area contributed by atoms with Crippen LogP contribution in [0.4, 0.5) is 0 Å². The van der Waals surface area contributed by atoms with Gasteiger partial charge < -0.3 is 5.11 Å². The van der Waals surface area contributed by atoms with Crippen molar-refractivity contribution in [3.05, 3.63) is 35.9 Å². The molecule has 1 aromatic carbocycles. The number of carboxylic acid groups (broad SMARTS) is 1. The fourth-order valence-electron chi connectivity index (χ4n) is 1.99. The van der Waals surface area contributed by atoms with Crippen molar-refractivity contribution < 1.29 is 9.90 Å². The van der Waals surface area contributed by atoms with Gasteiger partial charge in [-0.2, -0.15) is 11.8 Å². The molecular formula is C14H18O2S. The molecule has 1 aromatic rings. The second-order valence-corrected chi connectivity index (χ2v) is 6.26. The van der Waals surface area contributed by atoms with Crippen molar-refractivity contribution in [1.82, 2.24) is 0 Å². The van der Waals surface area contributed by atoms with Crippen molar-refractivity contribution in [3.8, 4) is 0 Å². The fraction of sp³-hybridized carbons (Fsp3) is 0.500. The van der Waals surface area contributed by atoms with Gasteiger partial charge in [-0.25, -0.2) is 0 Å². The van der Waals surface area contributed by atoms with Gasteiger partial charge in [0.1, 0.15) is 0 Å². The van der Waals surface area contributed by atoms with Crippen LogP contribution in [0.2, 0.25) is 0 Å². The van der Waals surface area contributed by atoms with Gasteiger partial charge in [-0.05, 0) is 30.7 Å². The van der Waals surface area contributed by atoms with E-state index in [4.69, 9.17) is 5.11 Å². The zero-order valence-corrected chi connectivity index (χ0v) is 10.9. The molecule has 17 heavy (non-hydrogen) atoms. The van der Waals surface area contributed by atoms with E-state index in [0.29, 0.717) is 11.7 Å². The highest BCUT2D eigenvalue weighted by molar-refractivity contribution is 7.99. The van der Waals surface area contributed by atoms with E-state index in [9.17, 15) is 4.79 Å². The normalized spacial score (nSPS) is 18.6. The van der Waals surface area contributed by atoms with Crippen LogP contribution >= 0.6 is 11.8 Å². The second-order valence-electron chi connectivity index (χ2n) is 4.93. The predicted molar refractivity (Wildman–Crippen MR) is 71.2 cm³/mol. The van der Waals surface area contributed by atoms with Crippen molar-refractivity contribution >= 4 is 17.7 Å². The van der Waals surface area contributed by atoms with Crippen LogP contribution in [0, 0.1) is 5.41 Å². The molecule has 0 heterocycles. The molecule has 0 bridgehead atoms. The van der Waals surface area contributed by atoms with Gasteiger partial charge in [0, 0.05) is 11.0 Å². The molecule has 1 aliphatic carbocycles. The average molecular weight is 250 g/mol. The zero-order chi connectivity index (χ0) is 12.3.